The molecule has 2 fully saturated rings. The van der Waals surface area contributed by atoms with Crippen LogP contribution in [0.4, 0.5) is 5.69 Å². The largest absolute Gasteiger partial charge is 0.312 e. The van der Waals surface area contributed by atoms with Crippen LogP contribution >= 0.6 is 0 Å². The summed E-state index contributed by atoms with van der Waals surface area (Å²) in [6.45, 7) is 7.22. The molecule has 5 heteroatoms. The van der Waals surface area contributed by atoms with E-state index in [1.807, 2.05) is 4.90 Å². The first-order valence-electron chi connectivity index (χ1n) is 14.6. The highest BCUT2D eigenvalue weighted by molar-refractivity contribution is 5.98. The first-order chi connectivity index (χ1) is 18.8. The van der Waals surface area contributed by atoms with Gasteiger partial charge in [-0.2, -0.15) is 10.2 Å². The maximum Gasteiger partial charge on any atom is 0.227 e. The predicted molar refractivity (Wildman–Crippen MR) is 155 cm³/mol. The molecule has 1 amide bonds. The van der Waals surface area contributed by atoms with E-state index < -0.39 is 0 Å². The molecule has 202 valence electrons. The van der Waals surface area contributed by atoms with Gasteiger partial charge >= 0.3 is 0 Å². The monoisotopic (exact) mass is 521 g/mol. The summed E-state index contributed by atoms with van der Waals surface area (Å²) in [6.07, 6.45) is 17.0. The van der Waals surface area contributed by atoms with Gasteiger partial charge in [0, 0.05) is 35.9 Å². The van der Waals surface area contributed by atoms with Gasteiger partial charge in [0.05, 0.1) is 11.4 Å². The van der Waals surface area contributed by atoms with E-state index in [0.717, 1.165) is 73.3 Å². The third-order valence-electron chi connectivity index (χ3n) is 9.24. The maximum absolute atomic E-state index is 13.1. The summed E-state index contributed by atoms with van der Waals surface area (Å²) in [7, 11) is 0. The van der Waals surface area contributed by atoms with Crippen molar-refractivity contribution >= 4 is 23.5 Å². The quantitative estimate of drug-likeness (QED) is 0.400. The minimum Gasteiger partial charge on any atom is -0.312 e. The molecule has 0 N–H and O–H groups in total. The van der Waals surface area contributed by atoms with Gasteiger partial charge in [-0.1, -0.05) is 57.2 Å². The average molecular weight is 522 g/mol. The van der Waals surface area contributed by atoms with Crippen LogP contribution in [0.5, 0.6) is 0 Å². The van der Waals surface area contributed by atoms with Gasteiger partial charge in [0.2, 0.25) is 5.91 Å². The van der Waals surface area contributed by atoms with Gasteiger partial charge < -0.3 is 4.90 Å². The molecule has 0 bridgehead atoms. The molecular formula is C34H39N3O2. The SMILES string of the molecule is CC(C)(C)c1ccc(C2C=Cc3cc(N4CC(C5CCC(C(=O)C6=CCC=CC6)CC5)CC4=O)ccc32)nn1. The minimum absolute atomic E-state index is 0.0225. The molecule has 2 aromatic rings. The lowest BCUT2D eigenvalue weighted by atomic mass is 9.73. The Bertz CT molecular complexity index is 1350. The first kappa shape index (κ1) is 25.9. The summed E-state index contributed by atoms with van der Waals surface area (Å²) in [5, 5.41) is 9.04. The Labute approximate surface area is 232 Å². The molecule has 3 aliphatic carbocycles. The molecular weight excluding hydrogens is 482 g/mol. The van der Waals surface area contributed by atoms with Gasteiger partial charge in [-0.15, -0.1) is 0 Å². The number of carbonyl (C=O) groups is 2. The number of ketones is 1. The number of anilines is 1. The number of allylic oxidation sites excluding steroid dienone is 5. The van der Waals surface area contributed by atoms with Gasteiger partial charge in [-0.25, -0.2) is 0 Å². The number of rotatable bonds is 5. The summed E-state index contributed by atoms with van der Waals surface area (Å²) >= 11 is 0. The molecule has 2 unspecified atom stereocenters. The number of nitrogens with zero attached hydrogens (tertiary/aromatic N) is 3. The molecule has 2 heterocycles. The molecule has 0 spiro atoms. The lowest BCUT2D eigenvalue weighted by Crippen LogP contribution is -2.29. The van der Waals surface area contributed by atoms with Crippen LogP contribution in [0.15, 0.2) is 60.2 Å². The number of fused-ring (bicyclic) bond motifs is 1. The van der Waals surface area contributed by atoms with E-state index in [-0.39, 0.29) is 23.2 Å². The number of hydrogen-bond donors (Lipinski definition) is 0. The van der Waals surface area contributed by atoms with E-state index in [0.29, 0.717) is 24.0 Å². The zero-order chi connectivity index (χ0) is 27.1. The van der Waals surface area contributed by atoms with Crippen LogP contribution in [0.3, 0.4) is 0 Å². The van der Waals surface area contributed by atoms with Crippen molar-refractivity contribution in [2.45, 2.75) is 77.0 Å². The highest BCUT2D eigenvalue weighted by atomic mass is 16.2. The Balaban J connectivity index is 1.09. The fourth-order valence-electron chi connectivity index (χ4n) is 6.84. The standard InChI is InChI=1S/C34H39N3O2/c1-34(2,3)31-18-17-30(35-36-31)29-15-13-25-19-27(14-16-28(25)29)37-21-26(20-32(37)38)22-9-11-24(12-10-22)33(39)23-7-5-4-6-8-23/h4-5,8,13-19,22,24,26,29H,6-7,9-12,20-21H2,1-3H3. The number of hydrogen-bond acceptors (Lipinski definition) is 4. The Morgan fingerprint density at radius 2 is 1.79 bits per heavy atom. The fourth-order valence-corrected chi connectivity index (χ4v) is 6.84. The average Bonchev–Trinajstić information content (AvgIpc) is 3.56. The van der Waals surface area contributed by atoms with E-state index in [9.17, 15) is 9.59 Å². The van der Waals surface area contributed by atoms with E-state index in [1.54, 1.807) is 0 Å². The van der Waals surface area contributed by atoms with Crippen LogP contribution in [0.1, 0.15) is 94.1 Å². The van der Waals surface area contributed by atoms with Crippen molar-refractivity contribution in [1.82, 2.24) is 10.2 Å². The van der Waals surface area contributed by atoms with Crippen molar-refractivity contribution in [3.8, 4) is 0 Å². The Morgan fingerprint density at radius 1 is 0.974 bits per heavy atom. The second-order valence-corrected chi connectivity index (χ2v) is 12.8. The van der Waals surface area contributed by atoms with E-state index in [1.165, 1.54) is 5.56 Å². The van der Waals surface area contributed by atoms with Crippen molar-refractivity contribution in [3.63, 3.8) is 0 Å². The van der Waals surface area contributed by atoms with Crippen LogP contribution < -0.4 is 4.90 Å². The van der Waals surface area contributed by atoms with Crippen molar-refractivity contribution < 1.29 is 9.59 Å². The minimum atomic E-state index is -0.0225. The van der Waals surface area contributed by atoms with Crippen LogP contribution in [-0.2, 0) is 15.0 Å². The number of amides is 1. The summed E-state index contributed by atoms with van der Waals surface area (Å²) in [5.41, 5.74) is 6.28. The summed E-state index contributed by atoms with van der Waals surface area (Å²) in [6, 6.07) is 10.6. The number of aromatic nitrogens is 2. The molecule has 39 heavy (non-hydrogen) atoms. The number of carbonyl (C=O) groups excluding carboxylic acids is 2. The molecule has 4 aliphatic rings. The third-order valence-corrected chi connectivity index (χ3v) is 9.24. The smallest absolute Gasteiger partial charge is 0.227 e. The van der Waals surface area contributed by atoms with Crippen molar-refractivity contribution in [2.24, 2.45) is 17.8 Å². The Kier molecular flexibility index (Phi) is 6.86. The number of benzene rings is 1. The maximum atomic E-state index is 13.1. The van der Waals surface area contributed by atoms with Crippen LogP contribution in [0, 0.1) is 17.8 Å². The van der Waals surface area contributed by atoms with Crippen LogP contribution in [0.2, 0.25) is 0 Å². The highest BCUT2D eigenvalue weighted by Crippen LogP contribution is 2.42. The van der Waals surface area contributed by atoms with Crippen molar-refractivity contribution in [3.05, 3.63) is 82.7 Å². The van der Waals surface area contributed by atoms with Gasteiger partial charge in [0.25, 0.3) is 0 Å². The van der Waals surface area contributed by atoms with Crippen molar-refractivity contribution in [1.29, 1.82) is 0 Å². The molecule has 1 aliphatic heterocycles. The van der Waals surface area contributed by atoms with Gasteiger partial charge in [0.1, 0.15) is 0 Å². The zero-order valence-corrected chi connectivity index (χ0v) is 23.4. The van der Waals surface area contributed by atoms with Gasteiger partial charge in [-0.3, -0.25) is 9.59 Å². The van der Waals surface area contributed by atoms with Crippen LogP contribution in [-0.4, -0.2) is 28.4 Å². The van der Waals surface area contributed by atoms with E-state index in [2.05, 4.69) is 91.7 Å². The summed E-state index contributed by atoms with van der Waals surface area (Å²) < 4.78 is 0. The highest BCUT2D eigenvalue weighted by Gasteiger charge is 2.38. The van der Waals surface area contributed by atoms with Crippen LogP contribution in [0.25, 0.3) is 6.08 Å². The van der Waals surface area contributed by atoms with E-state index in [4.69, 9.17) is 0 Å². The normalized spacial score (nSPS) is 26.6. The lowest BCUT2D eigenvalue weighted by molar-refractivity contribution is -0.121. The fraction of sp³-hybridized carbons (Fsp3) is 0.471. The molecule has 6 rings (SSSR count). The first-order valence-corrected chi connectivity index (χ1v) is 14.6. The second kappa shape index (κ2) is 10.3. The Morgan fingerprint density at radius 3 is 2.49 bits per heavy atom. The Hall–Kier alpha value is -3.34. The molecule has 2 atom stereocenters. The molecule has 1 saturated heterocycles. The lowest BCUT2D eigenvalue weighted by Gasteiger charge is -2.32. The van der Waals surface area contributed by atoms with Crippen molar-refractivity contribution in [2.75, 3.05) is 11.4 Å². The number of Topliss-reactive ketones (excluding diaryl/α,β-unsaturated/α-hetero) is 1. The third kappa shape index (κ3) is 5.16. The molecule has 1 aromatic carbocycles. The summed E-state index contributed by atoms with van der Waals surface area (Å²) in [4.78, 5) is 28.1. The topological polar surface area (TPSA) is 63.2 Å². The zero-order valence-electron chi connectivity index (χ0n) is 23.4. The molecule has 0 radical (unpaired) electrons. The molecule has 1 aromatic heterocycles. The van der Waals surface area contributed by atoms with E-state index >= 15 is 0 Å². The summed E-state index contributed by atoms with van der Waals surface area (Å²) in [5.74, 6) is 1.74. The molecule has 5 nitrogen and oxygen atoms in total. The van der Waals surface area contributed by atoms with Gasteiger partial charge in [-0.05, 0) is 91.3 Å². The second-order valence-electron chi connectivity index (χ2n) is 12.8. The molecule has 1 saturated carbocycles. The predicted octanol–water partition coefficient (Wildman–Crippen LogP) is 6.94. The van der Waals surface area contributed by atoms with Gasteiger partial charge in [0.15, 0.2) is 5.78 Å².